The van der Waals surface area contributed by atoms with Crippen LogP contribution >= 0.6 is 11.8 Å². The molecule has 0 amide bonds. The maximum absolute atomic E-state index is 4.65. The van der Waals surface area contributed by atoms with Crippen LogP contribution in [0.2, 0.25) is 0 Å². The number of thioether (sulfide) groups is 1. The summed E-state index contributed by atoms with van der Waals surface area (Å²) < 4.78 is 0. The Morgan fingerprint density at radius 1 is 1.05 bits per heavy atom. The van der Waals surface area contributed by atoms with Gasteiger partial charge >= 0.3 is 0 Å². The molecular weight excluding hydrogens is 282 g/mol. The third kappa shape index (κ3) is 5.34. The zero-order valence-corrected chi connectivity index (χ0v) is 14.1. The summed E-state index contributed by atoms with van der Waals surface area (Å²) in [7, 11) is 0. The minimum atomic E-state index is 0.728. The molecule has 1 fully saturated rings. The van der Waals surface area contributed by atoms with Crippen LogP contribution in [-0.4, -0.2) is 40.3 Å². The molecule has 1 N–H and O–H groups in total. The SMILES string of the molecule is CCCCCSc1nc(NCCC)nc(N2CCCC2)n1. The standard InChI is InChI=1S/C15H27N5S/c1-3-5-8-12-21-15-18-13(16-9-4-2)17-14(19-15)20-10-6-7-11-20/h3-12H2,1-2H3,(H,16,17,18,19). The van der Waals surface area contributed by atoms with Gasteiger partial charge in [-0.15, -0.1) is 0 Å². The van der Waals surface area contributed by atoms with Crippen LogP contribution in [0.15, 0.2) is 5.16 Å². The zero-order chi connectivity index (χ0) is 14.9. The second-order valence-electron chi connectivity index (χ2n) is 5.42. The van der Waals surface area contributed by atoms with Gasteiger partial charge in [0.2, 0.25) is 11.9 Å². The van der Waals surface area contributed by atoms with E-state index >= 15 is 0 Å². The summed E-state index contributed by atoms with van der Waals surface area (Å²) in [4.78, 5) is 16.0. The van der Waals surface area contributed by atoms with Crippen LogP contribution in [0.25, 0.3) is 0 Å². The first kappa shape index (κ1) is 16.3. The molecule has 1 aliphatic heterocycles. The summed E-state index contributed by atoms with van der Waals surface area (Å²) in [6, 6.07) is 0. The lowest BCUT2D eigenvalue weighted by molar-refractivity contribution is 0.775. The summed E-state index contributed by atoms with van der Waals surface area (Å²) in [5, 5.41) is 4.16. The molecule has 21 heavy (non-hydrogen) atoms. The van der Waals surface area contributed by atoms with Crippen LogP contribution in [0.3, 0.4) is 0 Å². The molecule has 0 spiro atoms. The molecule has 1 aromatic rings. The molecule has 0 radical (unpaired) electrons. The van der Waals surface area contributed by atoms with Gasteiger partial charge in [-0.25, -0.2) is 0 Å². The van der Waals surface area contributed by atoms with Crippen molar-refractivity contribution in [2.45, 2.75) is 57.5 Å². The van der Waals surface area contributed by atoms with Crippen molar-refractivity contribution in [1.29, 1.82) is 0 Å². The largest absolute Gasteiger partial charge is 0.354 e. The fourth-order valence-corrected chi connectivity index (χ4v) is 3.13. The van der Waals surface area contributed by atoms with Gasteiger partial charge in [0.25, 0.3) is 0 Å². The molecule has 2 heterocycles. The van der Waals surface area contributed by atoms with E-state index in [9.17, 15) is 0 Å². The summed E-state index contributed by atoms with van der Waals surface area (Å²) in [6.45, 7) is 7.42. The van der Waals surface area contributed by atoms with Gasteiger partial charge in [-0.3, -0.25) is 0 Å². The van der Waals surface area contributed by atoms with E-state index in [-0.39, 0.29) is 0 Å². The molecule has 5 nitrogen and oxygen atoms in total. The number of nitrogens with zero attached hydrogens (tertiary/aromatic N) is 4. The number of nitrogens with one attached hydrogen (secondary N) is 1. The summed E-state index contributed by atoms with van der Waals surface area (Å²) >= 11 is 1.75. The van der Waals surface area contributed by atoms with Crippen molar-refractivity contribution in [1.82, 2.24) is 15.0 Å². The summed E-state index contributed by atoms with van der Waals surface area (Å²) in [5.74, 6) is 2.66. The topological polar surface area (TPSA) is 53.9 Å². The van der Waals surface area contributed by atoms with E-state index in [0.29, 0.717) is 0 Å². The second-order valence-corrected chi connectivity index (χ2v) is 6.48. The van der Waals surface area contributed by atoms with Crippen LogP contribution in [0.4, 0.5) is 11.9 Å². The molecule has 0 aliphatic carbocycles. The molecule has 6 heteroatoms. The predicted molar refractivity (Wildman–Crippen MR) is 90.3 cm³/mol. The van der Waals surface area contributed by atoms with E-state index in [4.69, 9.17) is 0 Å². The Balaban J connectivity index is 2.04. The molecule has 1 saturated heterocycles. The van der Waals surface area contributed by atoms with E-state index in [0.717, 1.165) is 48.9 Å². The normalized spacial score (nSPS) is 14.7. The highest BCUT2D eigenvalue weighted by atomic mass is 32.2. The Kier molecular flexibility index (Phi) is 7.06. The van der Waals surface area contributed by atoms with Crippen molar-refractivity contribution < 1.29 is 0 Å². The van der Waals surface area contributed by atoms with Crippen LogP contribution in [0.5, 0.6) is 0 Å². The molecule has 0 atom stereocenters. The molecule has 0 bridgehead atoms. The minimum absolute atomic E-state index is 0.728. The molecule has 0 aromatic carbocycles. The van der Waals surface area contributed by atoms with Gasteiger partial charge < -0.3 is 10.2 Å². The zero-order valence-electron chi connectivity index (χ0n) is 13.3. The van der Waals surface area contributed by atoms with Crippen molar-refractivity contribution >= 4 is 23.7 Å². The van der Waals surface area contributed by atoms with Crippen molar-refractivity contribution in [3.63, 3.8) is 0 Å². The van der Waals surface area contributed by atoms with Gasteiger partial charge in [0.1, 0.15) is 0 Å². The summed E-state index contributed by atoms with van der Waals surface area (Å²) in [6.07, 6.45) is 7.30. The highest BCUT2D eigenvalue weighted by Gasteiger charge is 2.17. The van der Waals surface area contributed by atoms with E-state index in [1.54, 1.807) is 11.8 Å². The predicted octanol–water partition coefficient (Wildman–Crippen LogP) is 3.58. The molecule has 0 saturated carbocycles. The Morgan fingerprint density at radius 3 is 2.57 bits per heavy atom. The van der Waals surface area contributed by atoms with Crippen LogP contribution in [-0.2, 0) is 0 Å². The number of aromatic nitrogens is 3. The van der Waals surface area contributed by atoms with Crippen LogP contribution in [0.1, 0.15) is 52.4 Å². The Hall–Kier alpha value is -1.04. The van der Waals surface area contributed by atoms with Crippen molar-refractivity contribution in [3.8, 4) is 0 Å². The van der Waals surface area contributed by atoms with E-state index in [1.807, 2.05) is 0 Å². The van der Waals surface area contributed by atoms with E-state index < -0.39 is 0 Å². The quantitative estimate of drug-likeness (QED) is 0.556. The smallest absolute Gasteiger partial charge is 0.231 e. The lowest BCUT2D eigenvalue weighted by Gasteiger charge is -2.16. The maximum Gasteiger partial charge on any atom is 0.231 e. The average Bonchev–Trinajstić information content (AvgIpc) is 3.04. The number of anilines is 2. The minimum Gasteiger partial charge on any atom is -0.354 e. The van der Waals surface area contributed by atoms with E-state index in [1.165, 1.54) is 32.1 Å². The second kappa shape index (κ2) is 9.07. The van der Waals surface area contributed by atoms with Crippen molar-refractivity contribution in [3.05, 3.63) is 0 Å². The van der Waals surface area contributed by atoms with Gasteiger partial charge in [-0.1, -0.05) is 38.5 Å². The average molecular weight is 309 g/mol. The molecule has 1 aliphatic rings. The lowest BCUT2D eigenvalue weighted by atomic mass is 10.3. The molecule has 1 aromatic heterocycles. The molecule has 2 rings (SSSR count). The Bertz CT molecular complexity index is 421. The summed E-state index contributed by atoms with van der Waals surface area (Å²) in [5.41, 5.74) is 0. The third-order valence-corrected chi connectivity index (χ3v) is 4.44. The number of unbranched alkanes of at least 4 members (excludes halogenated alkanes) is 2. The van der Waals surface area contributed by atoms with Gasteiger partial charge in [0.15, 0.2) is 5.16 Å². The number of hydrogen-bond donors (Lipinski definition) is 1. The lowest BCUT2D eigenvalue weighted by Crippen LogP contribution is -2.22. The fourth-order valence-electron chi connectivity index (χ4n) is 2.30. The Morgan fingerprint density at radius 2 is 1.86 bits per heavy atom. The van der Waals surface area contributed by atoms with Crippen LogP contribution < -0.4 is 10.2 Å². The van der Waals surface area contributed by atoms with Gasteiger partial charge in [-0.2, -0.15) is 15.0 Å². The fraction of sp³-hybridized carbons (Fsp3) is 0.800. The van der Waals surface area contributed by atoms with Crippen molar-refractivity contribution in [2.75, 3.05) is 35.6 Å². The first-order valence-electron chi connectivity index (χ1n) is 8.21. The van der Waals surface area contributed by atoms with Crippen LogP contribution in [0, 0.1) is 0 Å². The van der Waals surface area contributed by atoms with Gasteiger partial charge in [-0.05, 0) is 25.7 Å². The van der Waals surface area contributed by atoms with Crippen molar-refractivity contribution in [2.24, 2.45) is 0 Å². The van der Waals surface area contributed by atoms with Gasteiger partial charge in [0.05, 0.1) is 0 Å². The monoisotopic (exact) mass is 309 g/mol. The molecule has 118 valence electrons. The molecule has 0 unspecified atom stereocenters. The Labute approximate surface area is 132 Å². The highest BCUT2D eigenvalue weighted by molar-refractivity contribution is 7.99. The first-order valence-corrected chi connectivity index (χ1v) is 9.19. The maximum atomic E-state index is 4.65. The number of hydrogen-bond acceptors (Lipinski definition) is 6. The molecular formula is C15H27N5S. The third-order valence-electron chi connectivity index (χ3n) is 3.50. The van der Waals surface area contributed by atoms with E-state index in [2.05, 4.69) is 39.0 Å². The highest BCUT2D eigenvalue weighted by Crippen LogP contribution is 2.22. The first-order chi connectivity index (χ1) is 10.3. The van der Waals surface area contributed by atoms with Gasteiger partial charge in [0, 0.05) is 25.4 Å². The number of rotatable bonds is 9.